The molecule has 3 N–H and O–H groups in total. The molecule has 8 heteroatoms. The van der Waals surface area contributed by atoms with Crippen molar-refractivity contribution in [2.75, 3.05) is 6.61 Å². The Morgan fingerprint density at radius 1 is 1.47 bits per heavy atom. The molecule has 3 rings (SSSR count). The molecule has 1 fully saturated rings. The van der Waals surface area contributed by atoms with Gasteiger partial charge in [-0.05, 0) is 6.92 Å². The van der Waals surface area contributed by atoms with Crippen LogP contribution >= 0.6 is 0 Å². The summed E-state index contributed by atoms with van der Waals surface area (Å²) in [5, 5.41) is 22.0. The van der Waals surface area contributed by atoms with E-state index in [0.717, 1.165) is 0 Å². The van der Waals surface area contributed by atoms with Crippen molar-refractivity contribution in [2.24, 2.45) is 20.0 Å². The average molecular weight is 265 g/mol. The molecule has 0 radical (unpaired) electrons. The van der Waals surface area contributed by atoms with Gasteiger partial charge in [-0.2, -0.15) is 0 Å². The van der Waals surface area contributed by atoms with Gasteiger partial charge in [0, 0.05) is 6.42 Å². The summed E-state index contributed by atoms with van der Waals surface area (Å²) in [7, 11) is 0. The van der Waals surface area contributed by atoms with Crippen LogP contribution in [0.1, 0.15) is 13.3 Å². The van der Waals surface area contributed by atoms with Gasteiger partial charge in [0.25, 0.3) is 0 Å². The second-order valence-corrected chi connectivity index (χ2v) is 4.78. The predicted octanol–water partition coefficient (Wildman–Crippen LogP) is -1.32. The SMILES string of the molecule is C[C@@]1(N[C@H]2C[C@H](O)[C@@H](CO)O2)N=CN=C2N=CN=C21. The Labute approximate surface area is 109 Å². The molecular weight excluding hydrogens is 250 g/mol. The van der Waals surface area contributed by atoms with Crippen LogP contribution in [0.3, 0.4) is 0 Å². The van der Waals surface area contributed by atoms with Gasteiger partial charge in [0.2, 0.25) is 0 Å². The highest BCUT2D eigenvalue weighted by molar-refractivity contribution is 6.50. The van der Waals surface area contributed by atoms with Gasteiger partial charge in [-0.1, -0.05) is 0 Å². The van der Waals surface area contributed by atoms with Gasteiger partial charge in [0.15, 0.2) is 11.5 Å². The molecule has 3 aliphatic heterocycles. The molecule has 3 aliphatic rings. The van der Waals surface area contributed by atoms with Crippen LogP contribution < -0.4 is 5.32 Å². The first-order valence-corrected chi connectivity index (χ1v) is 6.07. The van der Waals surface area contributed by atoms with E-state index in [1.165, 1.54) is 12.7 Å². The van der Waals surface area contributed by atoms with Crippen molar-refractivity contribution in [3.63, 3.8) is 0 Å². The third kappa shape index (κ3) is 2.12. The number of aliphatic hydroxyl groups excluding tert-OH is 2. The maximum Gasteiger partial charge on any atom is 0.180 e. The molecule has 0 spiro atoms. The summed E-state index contributed by atoms with van der Waals surface area (Å²) >= 11 is 0. The molecule has 4 atom stereocenters. The van der Waals surface area contributed by atoms with Crippen LogP contribution in [0.2, 0.25) is 0 Å². The van der Waals surface area contributed by atoms with Gasteiger partial charge < -0.3 is 14.9 Å². The number of nitrogens with one attached hydrogen (secondary N) is 1. The fourth-order valence-corrected chi connectivity index (χ4v) is 2.36. The van der Waals surface area contributed by atoms with Crippen LogP contribution in [0.4, 0.5) is 0 Å². The number of amidine groups is 1. The van der Waals surface area contributed by atoms with E-state index in [4.69, 9.17) is 9.84 Å². The summed E-state index contributed by atoms with van der Waals surface area (Å²) in [6.45, 7) is 1.63. The molecular formula is C11H15N5O3. The molecule has 0 aromatic rings. The van der Waals surface area contributed by atoms with Crippen molar-refractivity contribution in [1.29, 1.82) is 0 Å². The molecule has 0 aliphatic carbocycles. The van der Waals surface area contributed by atoms with Crippen LogP contribution in [-0.4, -0.2) is 65.1 Å². The van der Waals surface area contributed by atoms with Crippen LogP contribution in [0.5, 0.6) is 0 Å². The number of ether oxygens (including phenoxy) is 1. The van der Waals surface area contributed by atoms with Crippen LogP contribution in [-0.2, 0) is 4.74 Å². The minimum absolute atomic E-state index is 0.212. The number of aliphatic hydroxyl groups is 2. The molecule has 19 heavy (non-hydrogen) atoms. The number of aliphatic imine (C=N–C) groups is 4. The highest BCUT2D eigenvalue weighted by Crippen LogP contribution is 2.24. The third-order valence-electron chi connectivity index (χ3n) is 3.38. The van der Waals surface area contributed by atoms with Gasteiger partial charge in [-0.25, -0.2) is 20.0 Å². The number of hydrogen-bond donors (Lipinski definition) is 3. The zero-order valence-corrected chi connectivity index (χ0v) is 10.4. The van der Waals surface area contributed by atoms with Crippen molar-refractivity contribution in [1.82, 2.24) is 5.32 Å². The molecule has 0 unspecified atom stereocenters. The molecule has 0 aromatic carbocycles. The van der Waals surface area contributed by atoms with Gasteiger partial charge >= 0.3 is 0 Å². The van der Waals surface area contributed by atoms with Crippen molar-refractivity contribution in [3.05, 3.63) is 0 Å². The Morgan fingerprint density at radius 3 is 3.05 bits per heavy atom. The monoisotopic (exact) mass is 265 g/mol. The Kier molecular flexibility index (Phi) is 3.02. The summed E-state index contributed by atoms with van der Waals surface area (Å²) in [5.41, 5.74) is -0.164. The molecule has 0 bridgehead atoms. The highest BCUT2D eigenvalue weighted by atomic mass is 16.5. The quantitative estimate of drug-likeness (QED) is 0.588. The molecule has 0 aromatic heterocycles. The fourth-order valence-electron chi connectivity index (χ4n) is 2.36. The van der Waals surface area contributed by atoms with E-state index < -0.39 is 24.1 Å². The minimum atomic E-state index is -0.789. The first kappa shape index (κ1) is 12.5. The van der Waals surface area contributed by atoms with Crippen molar-refractivity contribution >= 4 is 24.2 Å². The number of fused-ring (bicyclic) bond motifs is 1. The lowest BCUT2D eigenvalue weighted by Gasteiger charge is -2.30. The van der Waals surface area contributed by atoms with Gasteiger partial charge in [0.1, 0.15) is 30.7 Å². The number of rotatable bonds is 3. The molecule has 8 nitrogen and oxygen atoms in total. The van der Waals surface area contributed by atoms with E-state index in [9.17, 15) is 5.11 Å². The summed E-state index contributed by atoms with van der Waals surface area (Å²) in [4.78, 5) is 16.5. The van der Waals surface area contributed by atoms with Crippen LogP contribution in [0, 0.1) is 0 Å². The van der Waals surface area contributed by atoms with Gasteiger partial charge in [0.05, 0.1) is 12.7 Å². The molecule has 3 heterocycles. The standard InChI is InChI=1S/C11H15N5O3/c1-11(9-10(13-4-12-9)14-5-15-11)16-8-2-6(18)7(3-17)19-8/h4-8,16-18H,2-3H2,1H3/t6-,7+,8+,11-/m0/s1. The van der Waals surface area contributed by atoms with E-state index >= 15 is 0 Å². The maximum absolute atomic E-state index is 9.72. The van der Waals surface area contributed by atoms with Gasteiger partial charge in [-0.15, -0.1) is 0 Å². The normalized spacial score (nSPS) is 40.3. The predicted molar refractivity (Wildman–Crippen MR) is 69.8 cm³/mol. The van der Waals surface area contributed by atoms with Crippen LogP contribution in [0.15, 0.2) is 20.0 Å². The largest absolute Gasteiger partial charge is 0.394 e. The zero-order chi connectivity index (χ0) is 13.5. The summed E-state index contributed by atoms with van der Waals surface area (Å²) in [6.07, 6.45) is 1.59. The lowest BCUT2D eigenvalue weighted by molar-refractivity contribution is -0.0353. The lowest BCUT2D eigenvalue weighted by atomic mass is 10.0. The molecule has 1 saturated heterocycles. The summed E-state index contributed by atoms with van der Waals surface area (Å²) in [5.74, 6) is 0.530. The minimum Gasteiger partial charge on any atom is -0.394 e. The van der Waals surface area contributed by atoms with Crippen molar-refractivity contribution in [3.8, 4) is 0 Å². The molecule has 0 saturated carbocycles. The Bertz CT molecular complexity index is 501. The smallest absolute Gasteiger partial charge is 0.180 e. The maximum atomic E-state index is 9.72. The van der Waals surface area contributed by atoms with Crippen molar-refractivity contribution < 1.29 is 14.9 Å². The first-order chi connectivity index (χ1) is 9.12. The summed E-state index contributed by atoms with van der Waals surface area (Å²) in [6, 6.07) is 0. The van der Waals surface area contributed by atoms with E-state index in [0.29, 0.717) is 18.0 Å². The molecule has 0 amide bonds. The summed E-state index contributed by atoms with van der Waals surface area (Å²) < 4.78 is 5.52. The Hall–Kier alpha value is -1.48. The Morgan fingerprint density at radius 2 is 2.32 bits per heavy atom. The number of hydrogen-bond acceptors (Lipinski definition) is 8. The topological polar surface area (TPSA) is 111 Å². The Balaban J connectivity index is 1.74. The fraction of sp³-hybridized carbons (Fsp3) is 0.636. The highest BCUT2D eigenvalue weighted by Gasteiger charge is 2.42. The van der Waals surface area contributed by atoms with Crippen LogP contribution in [0.25, 0.3) is 0 Å². The van der Waals surface area contributed by atoms with E-state index in [1.807, 2.05) is 6.92 Å². The second-order valence-electron chi connectivity index (χ2n) is 4.78. The first-order valence-electron chi connectivity index (χ1n) is 6.07. The van der Waals surface area contributed by atoms with E-state index in [1.54, 1.807) is 0 Å². The van der Waals surface area contributed by atoms with E-state index in [2.05, 4.69) is 25.3 Å². The zero-order valence-electron chi connectivity index (χ0n) is 10.4. The molecule has 102 valence electrons. The second kappa shape index (κ2) is 4.57. The average Bonchev–Trinajstić information content (AvgIpc) is 2.96. The van der Waals surface area contributed by atoms with E-state index in [-0.39, 0.29) is 6.61 Å². The van der Waals surface area contributed by atoms with Gasteiger partial charge in [-0.3, -0.25) is 5.32 Å². The number of nitrogens with zero attached hydrogens (tertiary/aromatic N) is 4. The lowest BCUT2D eigenvalue weighted by Crippen LogP contribution is -2.55. The third-order valence-corrected chi connectivity index (χ3v) is 3.38. The van der Waals surface area contributed by atoms with Crippen molar-refractivity contribution in [2.45, 2.75) is 37.4 Å².